The lowest BCUT2D eigenvalue weighted by Crippen LogP contribution is -2.36. The number of amides is 1. The number of aromatic nitrogens is 2. The Balaban J connectivity index is 1.78. The topological polar surface area (TPSA) is 110 Å². The number of hydrogen-bond acceptors (Lipinski definition) is 8. The fraction of sp³-hybridized carbons (Fsp3) is 0.250. The minimum Gasteiger partial charge on any atom is -0.538 e. The van der Waals surface area contributed by atoms with Crippen molar-refractivity contribution in [2.75, 3.05) is 26.6 Å². The predicted molar refractivity (Wildman–Crippen MR) is 108 cm³/mol. The maximum absolute atomic E-state index is 12.7. The van der Waals surface area contributed by atoms with Crippen LogP contribution in [-0.4, -0.2) is 37.8 Å². The summed E-state index contributed by atoms with van der Waals surface area (Å²) in [5.41, 5.74) is 1.07. The summed E-state index contributed by atoms with van der Waals surface area (Å²) in [6.07, 6.45) is 0. The van der Waals surface area contributed by atoms with Crippen molar-refractivity contribution in [2.24, 2.45) is 0 Å². The monoisotopic (exact) mass is 431 g/mol. The van der Waals surface area contributed by atoms with Gasteiger partial charge < -0.3 is 29.2 Å². The molecular formula is C20H21N3O6S. The Morgan fingerprint density at radius 1 is 1.10 bits per heavy atom. The molecule has 0 aliphatic rings. The molecule has 2 aromatic carbocycles. The first-order valence-electron chi connectivity index (χ1n) is 8.89. The zero-order valence-corrected chi connectivity index (χ0v) is 17.7. The fourth-order valence-corrected chi connectivity index (χ4v) is 3.47. The van der Waals surface area contributed by atoms with Crippen LogP contribution in [0, 0.1) is 0 Å². The second-order valence-electron chi connectivity index (χ2n) is 6.09. The summed E-state index contributed by atoms with van der Waals surface area (Å²) in [6, 6.07) is 12.0. The van der Waals surface area contributed by atoms with Crippen molar-refractivity contribution in [3.05, 3.63) is 42.5 Å². The van der Waals surface area contributed by atoms with Crippen LogP contribution in [0.15, 0.2) is 52.0 Å². The summed E-state index contributed by atoms with van der Waals surface area (Å²) in [5.74, 6) is 0.774. The highest BCUT2D eigenvalue weighted by Crippen LogP contribution is 2.31. The molecule has 0 spiro atoms. The van der Waals surface area contributed by atoms with Crippen molar-refractivity contribution in [1.82, 2.24) is 5.27 Å². The van der Waals surface area contributed by atoms with E-state index in [1.807, 2.05) is 0 Å². The van der Waals surface area contributed by atoms with E-state index in [9.17, 15) is 9.90 Å². The molecule has 0 aliphatic heterocycles. The van der Waals surface area contributed by atoms with Gasteiger partial charge in [-0.15, -0.1) is 0 Å². The second kappa shape index (κ2) is 9.40. The number of rotatable bonds is 8. The maximum Gasteiger partial charge on any atom is 0.298 e. The van der Waals surface area contributed by atoms with E-state index in [-0.39, 0.29) is 10.9 Å². The second-order valence-corrected chi connectivity index (χ2v) is 7.42. The van der Waals surface area contributed by atoms with Gasteiger partial charge in [0, 0.05) is 18.2 Å². The molecule has 3 rings (SSSR count). The predicted octanol–water partition coefficient (Wildman–Crippen LogP) is 2.17. The van der Waals surface area contributed by atoms with E-state index in [0.717, 1.165) is 11.8 Å². The first-order valence-corrected chi connectivity index (χ1v) is 9.77. The molecule has 1 atom stereocenters. The normalized spacial score (nSPS) is 11.6. The van der Waals surface area contributed by atoms with E-state index in [0.29, 0.717) is 28.6 Å². The number of carbonyl (C=O) groups is 1. The van der Waals surface area contributed by atoms with Gasteiger partial charge in [0.05, 0.1) is 37.5 Å². The Hall–Kier alpha value is -3.40. The van der Waals surface area contributed by atoms with Gasteiger partial charge in [0.2, 0.25) is 11.6 Å². The molecule has 0 fully saturated rings. The standard InChI is InChI=1S/C20H21N3O6S/c1-12(18(24)21-16-11-15(27-3)9-10-17(16)28-4)30-19-20(25)29-22-23(19)13-5-7-14(26-2)8-6-13/h5-12H,1-4H3,(H-,21,22,24,25). The van der Waals surface area contributed by atoms with Crippen molar-refractivity contribution in [2.45, 2.75) is 17.2 Å². The van der Waals surface area contributed by atoms with Gasteiger partial charge in [-0.05, 0) is 47.6 Å². The number of benzene rings is 2. The molecule has 158 valence electrons. The van der Waals surface area contributed by atoms with E-state index < -0.39 is 11.2 Å². The summed E-state index contributed by atoms with van der Waals surface area (Å²) < 4.78 is 21.8. The number of hydrogen-bond donors (Lipinski definition) is 1. The third-order valence-electron chi connectivity index (χ3n) is 4.21. The SMILES string of the molecule is COc1ccc(-[n+]2noc([O-])c2SC(C)C(=O)Nc2cc(OC)ccc2OC)cc1. The van der Waals surface area contributed by atoms with Crippen LogP contribution in [0.5, 0.6) is 23.2 Å². The lowest BCUT2D eigenvalue weighted by atomic mass is 10.2. The van der Waals surface area contributed by atoms with Crippen LogP contribution in [0.2, 0.25) is 0 Å². The average Bonchev–Trinajstić information content (AvgIpc) is 3.13. The van der Waals surface area contributed by atoms with Gasteiger partial charge in [-0.2, -0.15) is 0 Å². The number of ether oxygens (including phenoxy) is 3. The van der Waals surface area contributed by atoms with Gasteiger partial charge in [0.1, 0.15) is 17.2 Å². The summed E-state index contributed by atoms with van der Waals surface area (Å²) in [4.78, 5) is 12.7. The molecule has 0 aliphatic carbocycles. The molecule has 0 saturated carbocycles. The van der Waals surface area contributed by atoms with Crippen molar-refractivity contribution in [3.8, 4) is 28.9 Å². The molecule has 1 heterocycles. The molecule has 1 aromatic heterocycles. The Morgan fingerprint density at radius 2 is 1.77 bits per heavy atom. The number of methoxy groups -OCH3 is 3. The number of thioether (sulfide) groups is 1. The van der Waals surface area contributed by atoms with Gasteiger partial charge in [0.15, 0.2) is 5.95 Å². The summed E-state index contributed by atoms with van der Waals surface area (Å²) in [5, 5.41) is 18.3. The first kappa shape index (κ1) is 21.3. The van der Waals surface area contributed by atoms with Crippen LogP contribution in [0.25, 0.3) is 5.69 Å². The van der Waals surface area contributed by atoms with Crippen molar-refractivity contribution >= 4 is 23.4 Å². The van der Waals surface area contributed by atoms with Gasteiger partial charge in [-0.1, -0.05) is 0 Å². The van der Waals surface area contributed by atoms with Crippen molar-refractivity contribution < 1.29 is 33.3 Å². The van der Waals surface area contributed by atoms with Crippen LogP contribution in [0.4, 0.5) is 5.69 Å². The molecule has 1 unspecified atom stereocenters. The molecular weight excluding hydrogens is 410 g/mol. The van der Waals surface area contributed by atoms with E-state index in [1.165, 1.54) is 18.9 Å². The van der Waals surface area contributed by atoms with Crippen molar-refractivity contribution in [3.63, 3.8) is 0 Å². The number of nitrogens with one attached hydrogen (secondary N) is 1. The Morgan fingerprint density at radius 3 is 2.40 bits per heavy atom. The molecule has 10 heteroatoms. The van der Waals surface area contributed by atoms with E-state index in [4.69, 9.17) is 18.7 Å². The molecule has 30 heavy (non-hydrogen) atoms. The molecule has 3 aromatic rings. The smallest absolute Gasteiger partial charge is 0.298 e. The number of anilines is 1. The van der Waals surface area contributed by atoms with Crippen LogP contribution in [-0.2, 0) is 4.79 Å². The lowest BCUT2D eigenvalue weighted by Gasteiger charge is -2.14. The number of carbonyl (C=O) groups excluding carboxylic acids is 1. The van der Waals surface area contributed by atoms with Gasteiger partial charge >= 0.3 is 0 Å². The zero-order chi connectivity index (χ0) is 21.7. The Labute approximate surface area is 177 Å². The third kappa shape index (κ3) is 4.60. The van der Waals surface area contributed by atoms with Crippen LogP contribution < -0.4 is 29.3 Å². The minimum absolute atomic E-state index is 0.181. The summed E-state index contributed by atoms with van der Waals surface area (Å²) in [7, 11) is 4.60. The summed E-state index contributed by atoms with van der Waals surface area (Å²) in [6.45, 7) is 1.68. The lowest BCUT2D eigenvalue weighted by molar-refractivity contribution is -0.705. The zero-order valence-electron chi connectivity index (χ0n) is 16.9. The molecule has 1 N–H and O–H groups in total. The quantitative estimate of drug-likeness (QED) is 0.427. The van der Waals surface area contributed by atoms with Crippen LogP contribution >= 0.6 is 11.8 Å². The molecule has 0 bridgehead atoms. The van der Waals surface area contributed by atoms with Gasteiger partial charge in [0.25, 0.3) is 5.03 Å². The van der Waals surface area contributed by atoms with Crippen LogP contribution in [0.3, 0.4) is 0 Å². The van der Waals surface area contributed by atoms with E-state index in [1.54, 1.807) is 56.5 Å². The summed E-state index contributed by atoms with van der Waals surface area (Å²) >= 11 is 1.04. The first-order chi connectivity index (χ1) is 14.5. The molecule has 9 nitrogen and oxygen atoms in total. The highest BCUT2D eigenvalue weighted by molar-refractivity contribution is 8.00. The highest BCUT2D eigenvalue weighted by Gasteiger charge is 2.27. The number of nitrogens with zero attached hydrogens (tertiary/aromatic N) is 2. The van der Waals surface area contributed by atoms with Crippen LogP contribution in [0.1, 0.15) is 6.92 Å². The molecule has 0 radical (unpaired) electrons. The third-order valence-corrected chi connectivity index (χ3v) is 5.34. The maximum atomic E-state index is 12.7. The Bertz CT molecular complexity index is 1020. The Kier molecular flexibility index (Phi) is 6.68. The molecule has 1 amide bonds. The van der Waals surface area contributed by atoms with Gasteiger partial charge in [-0.25, -0.2) is 0 Å². The van der Waals surface area contributed by atoms with Crippen molar-refractivity contribution in [1.29, 1.82) is 0 Å². The highest BCUT2D eigenvalue weighted by atomic mass is 32.2. The largest absolute Gasteiger partial charge is 0.538 e. The minimum atomic E-state index is -0.630. The van der Waals surface area contributed by atoms with Gasteiger partial charge in [-0.3, -0.25) is 4.79 Å². The fourth-order valence-electron chi connectivity index (χ4n) is 2.59. The average molecular weight is 431 g/mol. The van der Waals surface area contributed by atoms with E-state index in [2.05, 4.69) is 10.6 Å². The van der Waals surface area contributed by atoms with E-state index >= 15 is 0 Å². The molecule has 0 saturated heterocycles.